The molecule has 0 fully saturated rings. The third-order valence-electron chi connectivity index (χ3n) is 2.06. The molecule has 0 aromatic carbocycles. The molecule has 1 heterocycles. The van der Waals surface area contributed by atoms with Gasteiger partial charge in [-0.2, -0.15) is 5.10 Å². The van der Waals surface area contributed by atoms with Crippen LogP contribution < -0.4 is 4.90 Å². The zero-order valence-corrected chi connectivity index (χ0v) is 9.86. The van der Waals surface area contributed by atoms with Crippen molar-refractivity contribution in [3.05, 3.63) is 17.8 Å². The maximum absolute atomic E-state index is 9.76. The second-order valence-electron chi connectivity index (χ2n) is 4.42. The van der Waals surface area contributed by atoms with Gasteiger partial charge in [0.1, 0.15) is 0 Å². The van der Waals surface area contributed by atoms with Crippen molar-refractivity contribution in [2.24, 2.45) is 0 Å². The number of hydrogen-bond acceptors (Lipinski definition) is 4. The van der Waals surface area contributed by atoms with Crippen molar-refractivity contribution in [1.29, 1.82) is 0 Å². The van der Waals surface area contributed by atoms with Crippen LogP contribution in [0.4, 0.5) is 5.82 Å². The van der Waals surface area contributed by atoms with Gasteiger partial charge in [-0.3, -0.25) is 0 Å². The van der Waals surface area contributed by atoms with Gasteiger partial charge >= 0.3 is 0 Å². The molecule has 0 aliphatic carbocycles. The molecular weight excluding hydrogens is 190 g/mol. The van der Waals surface area contributed by atoms with E-state index in [2.05, 4.69) is 10.2 Å². The number of anilines is 1. The maximum atomic E-state index is 9.76. The highest BCUT2D eigenvalue weighted by Crippen LogP contribution is 2.14. The van der Waals surface area contributed by atoms with Crippen molar-refractivity contribution in [3.63, 3.8) is 0 Å². The first-order valence-electron chi connectivity index (χ1n) is 5.19. The number of rotatable bonds is 4. The van der Waals surface area contributed by atoms with E-state index in [1.807, 2.05) is 24.8 Å². The molecule has 0 spiro atoms. The van der Waals surface area contributed by atoms with Gasteiger partial charge < -0.3 is 10.0 Å². The lowest BCUT2D eigenvalue weighted by atomic mass is 10.1. The number of nitrogens with zero attached hydrogens (tertiary/aromatic N) is 3. The van der Waals surface area contributed by atoms with Crippen LogP contribution in [0.3, 0.4) is 0 Å². The highest BCUT2D eigenvalue weighted by atomic mass is 16.3. The molecular formula is C11H19N3O. The van der Waals surface area contributed by atoms with Crippen LogP contribution in [0.25, 0.3) is 0 Å². The monoisotopic (exact) mass is 209 g/mol. The molecule has 1 N–H and O–H groups in total. The summed E-state index contributed by atoms with van der Waals surface area (Å²) in [6.07, 6.45) is 1.72. The van der Waals surface area contributed by atoms with E-state index in [1.165, 1.54) is 0 Å². The van der Waals surface area contributed by atoms with Gasteiger partial charge in [0, 0.05) is 13.1 Å². The minimum Gasteiger partial charge on any atom is -0.389 e. The number of aryl methyl sites for hydroxylation is 1. The van der Waals surface area contributed by atoms with Gasteiger partial charge in [0.2, 0.25) is 0 Å². The normalized spacial score (nSPS) is 11.5. The van der Waals surface area contributed by atoms with Crippen LogP contribution in [-0.2, 0) is 0 Å². The Morgan fingerprint density at radius 3 is 2.60 bits per heavy atom. The van der Waals surface area contributed by atoms with Gasteiger partial charge in [0.25, 0.3) is 0 Å². The molecule has 15 heavy (non-hydrogen) atoms. The number of aromatic nitrogens is 2. The van der Waals surface area contributed by atoms with Gasteiger partial charge in [-0.05, 0) is 39.3 Å². The zero-order chi connectivity index (χ0) is 11.5. The molecule has 0 saturated carbocycles. The molecule has 0 bridgehead atoms. The fourth-order valence-corrected chi connectivity index (χ4v) is 1.43. The van der Waals surface area contributed by atoms with Crippen LogP contribution in [0.2, 0.25) is 0 Å². The molecule has 0 unspecified atom stereocenters. The standard InChI is InChI=1S/C11H19N3O/c1-5-14(8-11(3,4)15)10-6-9(2)7-12-13-10/h6-7,15H,5,8H2,1-4H3. The van der Waals surface area contributed by atoms with Crippen molar-refractivity contribution in [3.8, 4) is 0 Å². The van der Waals surface area contributed by atoms with E-state index in [9.17, 15) is 5.11 Å². The minimum atomic E-state index is -0.721. The van der Waals surface area contributed by atoms with E-state index in [4.69, 9.17) is 0 Å². The lowest BCUT2D eigenvalue weighted by Gasteiger charge is -2.28. The van der Waals surface area contributed by atoms with Crippen LogP contribution in [0, 0.1) is 6.92 Å². The van der Waals surface area contributed by atoms with Crippen molar-refractivity contribution >= 4 is 5.82 Å². The molecule has 0 radical (unpaired) electrons. The van der Waals surface area contributed by atoms with E-state index in [0.717, 1.165) is 17.9 Å². The number of aliphatic hydroxyl groups is 1. The first-order valence-corrected chi connectivity index (χ1v) is 5.19. The Bertz CT molecular complexity index is 320. The summed E-state index contributed by atoms with van der Waals surface area (Å²) >= 11 is 0. The van der Waals surface area contributed by atoms with Crippen LogP contribution in [0.5, 0.6) is 0 Å². The summed E-state index contributed by atoms with van der Waals surface area (Å²) in [4.78, 5) is 2.01. The molecule has 0 aliphatic heterocycles. The summed E-state index contributed by atoms with van der Waals surface area (Å²) in [5.74, 6) is 0.819. The van der Waals surface area contributed by atoms with Gasteiger partial charge in [-0.15, -0.1) is 5.10 Å². The molecule has 0 saturated heterocycles. The molecule has 4 heteroatoms. The molecule has 0 aliphatic rings. The van der Waals surface area contributed by atoms with Gasteiger partial charge in [0.05, 0.1) is 11.8 Å². The SMILES string of the molecule is CCN(CC(C)(C)O)c1cc(C)cnn1. The van der Waals surface area contributed by atoms with Crippen LogP contribution in [-0.4, -0.2) is 34.0 Å². The fraction of sp³-hybridized carbons (Fsp3) is 0.636. The average molecular weight is 209 g/mol. The van der Waals surface area contributed by atoms with Crippen LogP contribution in [0.15, 0.2) is 12.3 Å². The molecule has 1 rings (SSSR count). The van der Waals surface area contributed by atoms with E-state index in [-0.39, 0.29) is 0 Å². The fourth-order valence-electron chi connectivity index (χ4n) is 1.43. The van der Waals surface area contributed by atoms with E-state index < -0.39 is 5.60 Å². The van der Waals surface area contributed by atoms with Crippen molar-refractivity contribution < 1.29 is 5.11 Å². The summed E-state index contributed by atoms with van der Waals surface area (Å²) in [6.45, 7) is 8.97. The molecule has 4 nitrogen and oxygen atoms in total. The molecule has 1 aromatic rings. The molecule has 84 valence electrons. The van der Waals surface area contributed by atoms with E-state index >= 15 is 0 Å². The Morgan fingerprint density at radius 2 is 2.13 bits per heavy atom. The highest BCUT2D eigenvalue weighted by Gasteiger charge is 2.18. The Morgan fingerprint density at radius 1 is 1.47 bits per heavy atom. The third kappa shape index (κ3) is 3.83. The molecule has 1 aromatic heterocycles. The second-order valence-corrected chi connectivity index (χ2v) is 4.42. The number of hydrogen-bond donors (Lipinski definition) is 1. The first-order chi connectivity index (χ1) is 6.92. The predicted octanol–water partition coefficient (Wildman–Crippen LogP) is 1.38. The van der Waals surface area contributed by atoms with Crippen LogP contribution in [0.1, 0.15) is 26.3 Å². The Labute approximate surface area is 90.9 Å². The Kier molecular flexibility index (Phi) is 3.63. The quantitative estimate of drug-likeness (QED) is 0.814. The number of likely N-dealkylation sites (N-methyl/N-ethyl adjacent to an activating group) is 1. The minimum absolute atomic E-state index is 0.557. The summed E-state index contributed by atoms with van der Waals surface area (Å²) in [6, 6.07) is 1.97. The lowest BCUT2D eigenvalue weighted by Crippen LogP contribution is -2.39. The van der Waals surface area contributed by atoms with E-state index in [0.29, 0.717) is 6.54 Å². The maximum Gasteiger partial charge on any atom is 0.151 e. The Balaban J connectivity index is 2.83. The van der Waals surface area contributed by atoms with E-state index in [1.54, 1.807) is 20.0 Å². The smallest absolute Gasteiger partial charge is 0.151 e. The predicted molar refractivity (Wildman–Crippen MR) is 61.0 cm³/mol. The topological polar surface area (TPSA) is 49.2 Å². The van der Waals surface area contributed by atoms with Crippen molar-refractivity contribution in [2.45, 2.75) is 33.3 Å². The van der Waals surface area contributed by atoms with Crippen molar-refractivity contribution in [1.82, 2.24) is 10.2 Å². The first kappa shape index (κ1) is 11.9. The summed E-state index contributed by atoms with van der Waals surface area (Å²) in [5, 5.41) is 17.7. The summed E-state index contributed by atoms with van der Waals surface area (Å²) in [7, 11) is 0. The van der Waals surface area contributed by atoms with Gasteiger partial charge in [-0.1, -0.05) is 0 Å². The molecule has 0 atom stereocenters. The largest absolute Gasteiger partial charge is 0.389 e. The van der Waals surface area contributed by atoms with Crippen LogP contribution >= 0.6 is 0 Å². The molecule has 0 amide bonds. The summed E-state index contributed by atoms with van der Waals surface area (Å²) < 4.78 is 0. The lowest BCUT2D eigenvalue weighted by molar-refractivity contribution is 0.0874. The highest BCUT2D eigenvalue weighted by molar-refractivity contribution is 5.39. The zero-order valence-electron chi connectivity index (χ0n) is 9.86. The second kappa shape index (κ2) is 4.57. The Hall–Kier alpha value is -1.16. The third-order valence-corrected chi connectivity index (χ3v) is 2.06. The average Bonchev–Trinajstić information content (AvgIpc) is 2.13. The van der Waals surface area contributed by atoms with Gasteiger partial charge in [0.15, 0.2) is 5.82 Å². The summed E-state index contributed by atoms with van der Waals surface area (Å²) in [5.41, 5.74) is 0.357. The van der Waals surface area contributed by atoms with Crippen molar-refractivity contribution in [2.75, 3.05) is 18.0 Å². The van der Waals surface area contributed by atoms with Gasteiger partial charge in [-0.25, -0.2) is 0 Å².